The van der Waals surface area contributed by atoms with Gasteiger partial charge in [-0.05, 0) is 23.8 Å². The molecule has 13 heavy (non-hydrogen) atoms. The zero-order chi connectivity index (χ0) is 9.84. The molecule has 3 nitrogen and oxygen atoms in total. The maximum atomic E-state index is 10.2. The van der Waals surface area contributed by atoms with E-state index in [0.717, 1.165) is 4.47 Å². The average molecular weight is 243 g/mol. The number of aliphatic hydroxyl groups excluding tert-OH is 1. The lowest BCUT2D eigenvalue weighted by molar-refractivity contribution is -0.135. The van der Waals surface area contributed by atoms with Gasteiger partial charge in [-0.25, -0.2) is 4.79 Å². The lowest BCUT2D eigenvalue weighted by Crippen LogP contribution is -1.98. The van der Waals surface area contributed by atoms with Crippen LogP contribution in [0.2, 0.25) is 0 Å². The molecule has 0 spiro atoms. The molecule has 0 atom stereocenters. The van der Waals surface area contributed by atoms with Crippen molar-refractivity contribution in [3.63, 3.8) is 0 Å². The Morgan fingerprint density at radius 1 is 1.23 bits per heavy atom. The van der Waals surface area contributed by atoms with Gasteiger partial charge in [-0.2, -0.15) is 0 Å². The maximum Gasteiger partial charge on any atom is 0.370 e. The first-order chi connectivity index (χ1) is 6.09. The quantitative estimate of drug-likeness (QED) is 0.619. The first-order valence-corrected chi connectivity index (χ1v) is 4.28. The van der Waals surface area contributed by atoms with Crippen molar-refractivity contribution in [2.45, 2.75) is 0 Å². The van der Waals surface area contributed by atoms with E-state index in [9.17, 15) is 4.79 Å². The Labute approximate surface area is 83.5 Å². The van der Waals surface area contributed by atoms with Gasteiger partial charge in [0, 0.05) is 4.47 Å². The van der Waals surface area contributed by atoms with Crippen molar-refractivity contribution in [2.24, 2.45) is 0 Å². The number of hydrogen-bond donors (Lipinski definition) is 2. The number of rotatable bonds is 2. The number of halogens is 1. The van der Waals surface area contributed by atoms with Crippen LogP contribution >= 0.6 is 15.9 Å². The number of hydrogen-bond acceptors (Lipinski definition) is 2. The van der Waals surface area contributed by atoms with Gasteiger partial charge in [0.25, 0.3) is 0 Å². The second-order valence-electron chi connectivity index (χ2n) is 2.39. The number of carboxylic acid groups (broad SMARTS) is 1. The molecule has 0 saturated carbocycles. The summed E-state index contributed by atoms with van der Waals surface area (Å²) in [5.74, 6) is -2.00. The summed E-state index contributed by atoms with van der Waals surface area (Å²) in [6.07, 6.45) is 1.19. The standard InChI is InChI=1S/C9H7BrO3/c10-7-3-1-6(2-4-7)5-8(11)9(12)13/h1-5,11H,(H,12,13)/b8-5-. The molecular weight excluding hydrogens is 236 g/mol. The normalized spacial score (nSPS) is 11.3. The summed E-state index contributed by atoms with van der Waals surface area (Å²) >= 11 is 3.24. The molecule has 68 valence electrons. The Morgan fingerprint density at radius 2 is 1.77 bits per heavy atom. The van der Waals surface area contributed by atoms with Crippen molar-refractivity contribution in [1.29, 1.82) is 0 Å². The van der Waals surface area contributed by atoms with Gasteiger partial charge in [0.1, 0.15) is 0 Å². The van der Waals surface area contributed by atoms with Crippen LogP contribution in [0.15, 0.2) is 34.5 Å². The van der Waals surface area contributed by atoms with E-state index >= 15 is 0 Å². The number of aliphatic hydroxyl groups is 1. The van der Waals surface area contributed by atoms with E-state index < -0.39 is 11.7 Å². The predicted molar refractivity (Wildman–Crippen MR) is 52.4 cm³/mol. The van der Waals surface area contributed by atoms with Crippen LogP contribution in [-0.2, 0) is 4.79 Å². The van der Waals surface area contributed by atoms with Crippen molar-refractivity contribution in [3.8, 4) is 0 Å². The van der Waals surface area contributed by atoms with Crippen molar-refractivity contribution in [3.05, 3.63) is 40.1 Å². The third-order valence-electron chi connectivity index (χ3n) is 1.39. The highest BCUT2D eigenvalue weighted by Gasteiger charge is 2.02. The van der Waals surface area contributed by atoms with E-state index in [0.29, 0.717) is 5.56 Å². The van der Waals surface area contributed by atoms with Gasteiger partial charge < -0.3 is 10.2 Å². The lowest BCUT2D eigenvalue weighted by Gasteiger charge is -1.94. The van der Waals surface area contributed by atoms with Gasteiger partial charge in [-0.1, -0.05) is 28.1 Å². The monoisotopic (exact) mass is 242 g/mol. The largest absolute Gasteiger partial charge is 0.502 e. The van der Waals surface area contributed by atoms with Gasteiger partial charge >= 0.3 is 5.97 Å². The van der Waals surface area contributed by atoms with Crippen molar-refractivity contribution < 1.29 is 15.0 Å². The molecule has 0 amide bonds. The molecular formula is C9H7BrO3. The van der Waals surface area contributed by atoms with E-state index in [2.05, 4.69) is 15.9 Å². The highest BCUT2D eigenvalue weighted by Crippen LogP contribution is 2.12. The van der Waals surface area contributed by atoms with Crippen LogP contribution in [0.4, 0.5) is 0 Å². The SMILES string of the molecule is O=C(O)/C(O)=C/c1ccc(Br)cc1. The van der Waals surface area contributed by atoms with Crippen LogP contribution in [0.3, 0.4) is 0 Å². The first kappa shape index (κ1) is 9.80. The summed E-state index contributed by atoms with van der Waals surface area (Å²) in [5.41, 5.74) is 0.642. The second-order valence-corrected chi connectivity index (χ2v) is 3.30. The molecule has 4 heteroatoms. The van der Waals surface area contributed by atoms with Gasteiger partial charge in [-0.3, -0.25) is 0 Å². The minimum atomic E-state index is -1.33. The summed E-state index contributed by atoms with van der Waals surface area (Å²) < 4.78 is 0.902. The van der Waals surface area contributed by atoms with Crippen LogP contribution in [-0.4, -0.2) is 16.2 Å². The smallest absolute Gasteiger partial charge is 0.370 e. The summed E-state index contributed by atoms with van der Waals surface area (Å²) in [5, 5.41) is 17.3. The second kappa shape index (κ2) is 4.09. The van der Waals surface area contributed by atoms with E-state index in [1.54, 1.807) is 24.3 Å². The van der Waals surface area contributed by atoms with Crippen LogP contribution < -0.4 is 0 Å². The topological polar surface area (TPSA) is 57.5 Å². The minimum absolute atomic E-state index is 0.642. The summed E-state index contributed by atoms with van der Waals surface area (Å²) in [4.78, 5) is 10.2. The number of carboxylic acids is 1. The zero-order valence-electron chi connectivity index (χ0n) is 6.57. The molecule has 0 heterocycles. The highest BCUT2D eigenvalue weighted by molar-refractivity contribution is 9.10. The molecule has 0 radical (unpaired) electrons. The molecule has 0 aliphatic heterocycles. The Bertz CT molecular complexity index is 340. The lowest BCUT2D eigenvalue weighted by atomic mass is 10.2. The molecule has 0 aliphatic carbocycles. The Hall–Kier alpha value is -1.29. The van der Waals surface area contributed by atoms with Crippen LogP contribution in [0.5, 0.6) is 0 Å². The minimum Gasteiger partial charge on any atom is -0.502 e. The van der Waals surface area contributed by atoms with Crippen LogP contribution in [0.25, 0.3) is 6.08 Å². The molecule has 1 aromatic carbocycles. The number of aliphatic carboxylic acids is 1. The fraction of sp³-hybridized carbons (Fsp3) is 0. The van der Waals surface area contributed by atoms with E-state index in [1.165, 1.54) is 6.08 Å². The fourth-order valence-electron chi connectivity index (χ4n) is 0.779. The fourth-order valence-corrected chi connectivity index (χ4v) is 1.04. The number of carbonyl (C=O) groups is 1. The summed E-state index contributed by atoms with van der Waals surface area (Å²) in [6.45, 7) is 0. The van der Waals surface area contributed by atoms with E-state index in [1.807, 2.05) is 0 Å². The van der Waals surface area contributed by atoms with E-state index in [4.69, 9.17) is 10.2 Å². The summed E-state index contributed by atoms with van der Waals surface area (Å²) in [7, 11) is 0. The molecule has 1 rings (SSSR count). The first-order valence-electron chi connectivity index (χ1n) is 3.49. The molecule has 0 fully saturated rings. The van der Waals surface area contributed by atoms with Gasteiger partial charge in [0.15, 0.2) is 0 Å². The Morgan fingerprint density at radius 3 is 2.23 bits per heavy atom. The van der Waals surface area contributed by atoms with E-state index in [-0.39, 0.29) is 0 Å². The Kier molecular flexibility index (Phi) is 3.08. The summed E-state index contributed by atoms with van der Waals surface area (Å²) in [6, 6.07) is 6.93. The van der Waals surface area contributed by atoms with Gasteiger partial charge in [0.2, 0.25) is 5.76 Å². The van der Waals surface area contributed by atoms with Crippen molar-refractivity contribution in [2.75, 3.05) is 0 Å². The predicted octanol–water partition coefficient (Wildman–Crippen LogP) is 2.43. The molecule has 0 aromatic heterocycles. The molecule has 2 N–H and O–H groups in total. The third kappa shape index (κ3) is 2.91. The molecule has 0 bridgehead atoms. The van der Waals surface area contributed by atoms with Crippen LogP contribution in [0.1, 0.15) is 5.56 Å². The molecule has 1 aromatic rings. The zero-order valence-corrected chi connectivity index (χ0v) is 8.15. The van der Waals surface area contributed by atoms with Crippen molar-refractivity contribution >= 4 is 28.0 Å². The van der Waals surface area contributed by atoms with Crippen molar-refractivity contribution in [1.82, 2.24) is 0 Å². The average Bonchev–Trinajstić information content (AvgIpc) is 2.08. The maximum absolute atomic E-state index is 10.2. The Balaban J connectivity index is 2.92. The van der Waals surface area contributed by atoms with Gasteiger partial charge in [0.05, 0.1) is 0 Å². The molecule has 0 unspecified atom stereocenters. The highest BCUT2D eigenvalue weighted by atomic mass is 79.9. The molecule has 0 aliphatic rings. The number of benzene rings is 1. The van der Waals surface area contributed by atoms with Crippen LogP contribution in [0, 0.1) is 0 Å². The third-order valence-corrected chi connectivity index (χ3v) is 1.92. The molecule has 0 saturated heterocycles. The van der Waals surface area contributed by atoms with Gasteiger partial charge in [-0.15, -0.1) is 0 Å².